The lowest BCUT2D eigenvalue weighted by molar-refractivity contribution is 0.0600. The number of nitrogens with zero attached hydrogens (tertiary/aromatic N) is 5. The monoisotopic (exact) mass is 556 g/mol. The lowest BCUT2D eigenvalue weighted by Crippen LogP contribution is -2.46. The first-order valence-corrected chi connectivity index (χ1v) is 13.4. The zero-order valence-corrected chi connectivity index (χ0v) is 22.8. The quantitative estimate of drug-likeness (QED) is 0.244. The number of aromatic nitrogens is 2. The number of aryl methyl sites for hydroxylation is 1. The predicted octanol–water partition coefficient (Wildman–Crippen LogP) is 6.90. The molecule has 3 heterocycles. The Hall–Kier alpha value is -5.57. The van der Waals surface area contributed by atoms with Crippen LogP contribution in [0, 0.1) is 12.7 Å². The van der Waals surface area contributed by atoms with Gasteiger partial charge in [-0.15, -0.1) is 0 Å². The molecule has 1 N–H and O–H groups in total. The number of para-hydroxylation sites is 3. The highest BCUT2D eigenvalue weighted by Crippen LogP contribution is 2.48. The van der Waals surface area contributed by atoms with E-state index < -0.39 is 5.97 Å². The van der Waals surface area contributed by atoms with Crippen LogP contribution < -0.4 is 10.2 Å². The fraction of sp³-hybridized carbons (Fsp3) is 0.0909. The molecule has 7 rings (SSSR count). The summed E-state index contributed by atoms with van der Waals surface area (Å²) in [6.07, 6.45) is 0. The molecule has 2 aliphatic heterocycles. The molecule has 0 bridgehead atoms. The molecule has 0 unspecified atom stereocenters. The number of fused-ring (bicyclic) bond motifs is 4. The van der Waals surface area contributed by atoms with Crippen LogP contribution in [0.25, 0.3) is 5.69 Å². The number of esters is 1. The van der Waals surface area contributed by atoms with Crippen molar-refractivity contribution in [3.63, 3.8) is 0 Å². The maximum atomic E-state index is 14.2. The zero-order valence-electron chi connectivity index (χ0n) is 22.8. The smallest absolute Gasteiger partial charge is 0.337 e. The first kappa shape index (κ1) is 25.4. The van der Waals surface area contributed by atoms with E-state index in [1.807, 2.05) is 78.3 Å². The van der Waals surface area contributed by atoms with Gasteiger partial charge in [-0.2, -0.15) is 5.10 Å². The standard InChI is InChI=1S/C33H25FN6O2/c1-20-28-29(21-15-17-22(18-16-21)33(41)42-2)39-27-14-7-6-13-26(27)36-30(35-24-10-8-9-23(34)19-24)32(39)37-31(28)40(38-20)25-11-4-3-5-12-25/h3-19,29H,1-2H3,(H,35,36)/t29-/m0/s1. The number of hydrogen-bond donors (Lipinski definition) is 1. The maximum Gasteiger partial charge on any atom is 0.337 e. The summed E-state index contributed by atoms with van der Waals surface area (Å²) < 4.78 is 20.9. The molecule has 5 aromatic rings. The lowest BCUT2D eigenvalue weighted by atomic mass is 9.92. The minimum absolute atomic E-state index is 0.358. The van der Waals surface area contributed by atoms with Gasteiger partial charge in [-0.05, 0) is 67.1 Å². The number of ether oxygens (including phenoxy) is 1. The summed E-state index contributed by atoms with van der Waals surface area (Å²) in [7, 11) is 1.37. The van der Waals surface area contributed by atoms with E-state index in [1.165, 1.54) is 19.2 Å². The predicted molar refractivity (Wildman–Crippen MR) is 161 cm³/mol. The van der Waals surface area contributed by atoms with Crippen molar-refractivity contribution in [2.75, 3.05) is 17.3 Å². The van der Waals surface area contributed by atoms with Gasteiger partial charge in [0.1, 0.15) is 5.82 Å². The number of anilines is 2. The van der Waals surface area contributed by atoms with E-state index in [0.717, 1.165) is 33.9 Å². The Balaban J connectivity index is 1.47. The fourth-order valence-corrected chi connectivity index (χ4v) is 5.48. The number of benzene rings is 4. The van der Waals surface area contributed by atoms with E-state index in [1.54, 1.807) is 24.3 Å². The molecule has 1 atom stereocenters. The number of nitrogens with one attached hydrogen (secondary N) is 1. The first-order chi connectivity index (χ1) is 20.5. The highest BCUT2D eigenvalue weighted by atomic mass is 19.1. The van der Waals surface area contributed by atoms with Crippen LogP contribution in [0.5, 0.6) is 0 Å². The Morgan fingerprint density at radius 3 is 2.43 bits per heavy atom. The van der Waals surface area contributed by atoms with Crippen molar-refractivity contribution >= 4 is 40.5 Å². The number of halogens is 1. The van der Waals surface area contributed by atoms with E-state index in [0.29, 0.717) is 28.7 Å². The average Bonchev–Trinajstić information content (AvgIpc) is 3.36. The number of carbonyl (C=O) groups is 1. The molecule has 9 heteroatoms. The number of rotatable bonds is 4. The highest BCUT2D eigenvalue weighted by molar-refractivity contribution is 6.51. The van der Waals surface area contributed by atoms with Gasteiger partial charge >= 0.3 is 5.97 Å². The van der Waals surface area contributed by atoms with Crippen molar-refractivity contribution in [2.45, 2.75) is 13.0 Å². The molecule has 0 fully saturated rings. The molecule has 42 heavy (non-hydrogen) atoms. The topological polar surface area (TPSA) is 84.1 Å². The summed E-state index contributed by atoms with van der Waals surface area (Å²) >= 11 is 0. The molecular weight excluding hydrogens is 531 g/mol. The number of hydrogen-bond acceptors (Lipinski definition) is 7. The summed E-state index contributed by atoms with van der Waals surface area (Å²) in [5, 5.41) is 8.24. The minimum Gasteiger partial charge on any atom is -0.465 e. The van der Waals surface area contributed by atoms with Gasteiger partial charge in [-0.25, -0.2) is 23.9 Å². The molecule has 0 radical (unpaired) electrons. The van der Waals surface area contributed by atoms with Gasteiger partial charge < -0.3 is 15.0 Å². The summed E-state index contributed by atoms with van der Waals surface area (Å²) in [5.41, 5.74) is 6.14. The molecule has 8 nitrogen and oxygen atoms in total. The molecule has 1 aromatic heterocycles. The molecule has 0 spiro atoms. The van der Waals surface area contributed by atoms with Gasteiger partial charge in [0.05, 0.1) is 41.5 Å². The second-order valence-electron chi connectivity index (χ2n) is 9.98. The Morgan fingerprint density at radius 2 is 1.67 bits per heavy atom. The first-order valence-electron chi connectivity index (χ1n) is 13.4. The third kappa shape index (κ3) is 4.23. The van der Waals surface area contributed by atoms with Gasteiger partial charge in [0.25, 0.3) is 0 Å². The summed E-state index contributed by atoms with van der Waals surface area (Å²) in [4.78, 5) is 24.5. The van der Waals surface area contributed by atoms with Crippen LogP contribution in [0.3, 0.4) is 0 Å². The number of carbonyl (C=O) groups excluding carboxylic acids is 1. The summed E-state index contributed by atoms with van der Waals surface area (Å²) in [6.45, 7) is 1.98. The van der Waals surface area contributed by atoms with Crippen LogP contribution in [0.15, 0.2) is 113 Å². The maximum absolute atomic E-state index is 14.2. The molecular formula is C33H25FN6O2. The van der Waals surface area contributed by atoms with Gasteiger partial charge in [0, 0.05) is 11.3 Å². The van der Waals surface area contributed by atoms with Crippen molar-refractivity contribution in [3.8, 4) is 5.69 Å². The molecule has 2 aliphatic rings. The van der Waals surface area contributed by atoms with E-state index in [9.17, 15) is 9.18 Å². The molecule has 0 saturated heterocycles. The van der Waals surface area contributed by atoms with E-state index in [4.69, 9.17) is 19.8 Å². The second kappa shape index (κ2) is 10.1. The van der Waals surface area contributed by atoms with Crippen LogP contribution in [0.4, 0.5) is 27.3 Å². The molecule has 4 aromatic carbocycles. The Kier molecular flexibility index (Phi) is 6.12. The lowest BCUT2D eigenvalue weighted by Gasteiger charge is -2.40. The zero-order chi connectivity index (χ0) is 28.8. The van der Waals surface area contributed by atoms with Crippen molar-refractivity contribution < 1.29 is 13.9 Å². The van der Waals surface area contributed by atoms with Crippen LogP contribution in [0.2, 0.25) is 0 Å². The van der Waals surface area contributed by atoms with Crippen molar-refractivity contribution in [3.05, 3.63) is 131 Å². The van der Waals surface area contributed by atoms with Gasteiger partial charge in [0.2, 0.25) is 0 Å². The fourth-order valence-electron chi connectivity index (χ4n) is 5.48. The number of aliphatic imine (C=N–C) groups is 2. The van der Waals surface area contributed by atoms with Crippen molar-refractivity contribution in [1.82, 2.24) is 9.78 Å². The molecule has 0 amide bonds. The van der Waals surface area contributed by atoms with Crippen LogP contribution in [-0.2, 0) is 4.74 Å². The average molecular weight is 557 g/mol. The Labute approximate surface area is 241 Å². The van der Waals surface area contributed by atoms with Gasteiger partial charge in [-0.3, -0.25) is 0 Å². The summed E-state index contributed by atoms with van der Waals surface area (Å²) in [6, 6.07) is 30.9. The van der Waals surface area contributed by atoms with Crippen LogP contribution in [0.1, 0.15) is 33.2 Å². The van der Waals surface area contributed by atoms with Crippen molar-refractivity contribution in [2.24, 2.45) is 9.98 Å². The molecule has 206 valence electrons. The number of methoxy groups -OCH3 is 1. The van der Waals surface area contributed by atoms with Gasteiger partial charge in [0.15, 0.2) is 17.5 Å². The van der Waals surface area contributed by atoms with E-state index in [2.05, 4.69) is 10.2 Å². The van der Waals surface area contributed by atoms with Crippen LogP contribution >= 0.6 is 0 Å². The third-order valence-corrected chi connectivity index (χ3v) is 7.37. The normalized spacial score (nSPS) is 15.1. The minimum atomic E-state index is -0.404. The van der Waals surface area contributed by atoms with E-state index >= 15 is 0 Å². The van der Waals surface area contributed by atoms with Gasteiger partial charge in [-0.1, -0.05) is 48.5 Å². The van der Waals surface area contributed by atoms with E-state index in [-0.39, 0.29) is 11.9 Å². The van der Waals surface area contributed by atoms with Crippen LogP contribution in [-0.4, -0.2) is 34.5 Å². The van der Waals surface area contributed by atoms with Crippen molar-refractivity contribution in [1.29, 1.82) is 0 Å². The largest absolute Gasteiger partial charge is 0.465 e. The second-order valence-corrected chi connectivity index (χ2v) is 9.98. The Morgan fingerprint density at radius 1 is 0.905 bits per heavy atom. The third-order valence-electron chi connectivity index (χ3n) is 7.37. The number of amidine groups is 2. The molecule has 0 aliphatic carbocycles. The summed E-state index contributed by atoms with van der Waals surface area (Å²) in [5.74, 6) is 0.936. The highest BCUT2D eigenvalue weighted by Gasteiger charge is 2.41. The Bertz CT molecular complexity index is 1900. The SMILES string of the molecule is COC(=O)c1ccc([C@H]2c3c(C)nn(-c4ccccc4)c3N=C3C(Nc4cccc(F)c4)=Nc4ccccc4N32)cc1. The molecule has 0 saturated carbocycles.